The van der Waals surface area contributed by atoms with Crippen molar-refractivity contribution in [2.45, 2.75) is 32.7 Å². The van der Waals surface area contributed by atoms with Crippen LogP contribution in [0.2, 0.25) is 0 Å². The van der Waals surface area contributed by atoms with Crippen molar-refractivity contribution >= 4 is 5.91 Å². The second-order valence-electron chi connectivity index (χ2n) is 4.01. The van der Waals surface area contributed by atoms with E-state index in [-0.39, 0.29) is 18.4 Å². The molecule has 0 aliphatic carbocycles. The number of nitrogens with one attached hydrogen (secondary N) is 1. The Morgan fingerprint density at radius 2 is 2.15 bits per heavy atom. The molecule has 0 bridgehead atoms. The monoisotopic (exact) mass is 188 g/mol. The lowest BCUT2D eigenvalue weighted by Crippen LogP contribution is -2.48. The lowest BCUT2D eigenvalue weighted by Gasteiger charge is -2.25. The molecule has 0 aliphatic rings. The van der Waals surface area contributed by atoms with Crippen molar-refractivity contribution in [3.63, 3.8) is 0 Å². The fourth-order valence-corrected chi connectivity index (χ4v) is 0.877. The number of nitrogens with two attached hydrogens (primary N) is 1. The van der Waals surface area contributed by atoms with Crippen LogP contribution in [0, 0.1) is 5.92 Å². The van der Waals surface area contributed by atoms with Gasteiger partial charge in [-0.3, -0.25) is 4.79 Å². The molecule has 1 atom stereocenters. The first-order chi connectivity index (χ1) is 5.93. The van der Waals surface area contributed by atoms with Gasteiger partial charge in [0.2, 0.25) is 5.91 Å². The summed E-state index contributed by atoms with van der Waals surface area (Å²) in [6.45, 7) is 5.83. The van der Waals surface area contributed by atoms with Crippen LogP contribution in [-0.2, 0) is 4.79 Å². The Labute approximate surface area is 79.5 Å². The molecule has 78 valence electrons. The summed E-state index contributed by atoms with van der Waals surface area (Å²) in [4.78, 5) is 11.4. The SMILES string of the molecule is CC(CCN)C(=O)NC(C)(C)CO. The van der Waals surface area contributed by atoms with Crippen LogP contribution >= 0.6 is 0 Å². The molecule has 0 rings (SSSR count). The minimum Gasteiger partial charge on any atom is -0.394 e. The molecular weight excluding hydrogens is 168 g/mol. The van der Waals surface area contributed by atoms with E-state index in [0.717, 1.165) is 0 Å². The molecule has 0 heterocycles. The molecule has 1 unspecified atom stereocenters. The van der Waals surface area contributed by atoms with Gasteiger partial charge >= 0.3 is 0 Å². The largest absolute Gasteiger partial charge is 0.394 e. The molecule has 0 radical (unpaired) electrons. The van der Waals surface area contributed by atoms with Crippen LogP contribution < -0.4 is 11.1 Å². The Kier molecular flexibility index (Phi) is 4.95. The zero-order chi connectivity index (χ0) is 10.5. The molecule has 0 fully saturated rings. The van der Waals surface area contributed by atoms with Crippen LogP contribution in [0.1, 0.15) is 27.2 Å². The highest BCUT2D eigenvalue weighted by Gasteiger charge is 2.21. The Hall–Kier alpha value is -0.610. The molecule has 0 aliphatic heterocycles. The van der Waals surface area contributed by atoms with Crippen molar-refractivity contribution in [2.75, 3.05) is 13.2 Å². The first-order valence-electron chi connectivity index (χ1n) is 4.56. The van der Waals surface area contributed by atoms with Gasteiger partial charge in [0, 0.05) is 5.92 Å². The topological polar surface area (TPSA) is 75.4 Å². The molecule has 4 heteroatoms. The lowest BCUT2D eigenvalue weighted by atomic mass is 10.0. The van der Waals surface area contributed by atoms with Crippen LogP contribution in [0.5, 0.6) is 0 Å². The van der Waals surface area contributed by atoms with E-state index in [4.69, 9.17) is 10.8 Å². The summed E-state index contributed by atoms with van der Waals surface area (Å²) >= 11 is 0. The molecule has 0 saturated heterocycles. The number of rotatable bonds is 5. The maximum absolute atomic E-state index is 11.4. The first-order valence-corrected chi connectivity index (χ1v) is 4.56. The van der Waals surface area contributed by atoms with Gasteiger partial charge in [0.05, 0.1) is 12.1 Å². The van der Waals surface area contributed by atoms with E-state index < -0.39 is 5.54 Å². The molecule has 1 amide bonds. The number of aliphatic hydroxyl groups excluding tert-OH is 1. The van der Waals surface area contributed by atoms with Crippen LogP contribution in [0.25, 0.3) is 0 Å². The summed E-state index contributed by atoms with van der Waals surface area (Å²) < 4.78 is 0. The summed E-state index contributed by atoms with van der Waals surface area (Å²) in [6, 6.07) is 0. The van der Waals surface area contributed by atoms with Gasteiger partial charge in [0.25, 0.3) is 0 Å². The number of hydrogen-bond donors (Lipinski definition) is 3. The van der Waals surface area contributed by atoms with Gasteiger partial charge in [0.15, 0.2) is 0 Å². The molecule has 0 saturated carbocycles. The smallest absolute Gasteiger partial charge is 0.223 e. The number of amides is 1. The third kappa shape index (κ3) is 4.85. The molecule has 4 nitrogen and oxygen atoms in total. The normalized spacial score (nSPS) is 13.9. The molecule has 4 N–H and O–H groups in total. The molecule has 0 spiro atoms. The number of carbonyl (C=O) groups excluding carboxylic acids is 1. The predicted molar refractivity (Wildman–Crippen MR) is 52.1 cm³/mol. The van der Waals surface area contributed by atoms with Gasteiger partial charge in [0.1, 0.15) is 0 Å². The van der Waals surface area contributed by atoms with Gasteiger partial charge in [-0.2, -0.15) is 0 Å². The maximum Gasteiger partial charge on any atom is 0.223 e. The summed E-state index contributed by atoms with van der Waals surface area (Å²) in [5.41, 5.74) is 4.79. The average Bonchev–Trinajstić information content (AvgIpc) is 2.04. The fourth-order valence-electron chi connectivity index (χ4n) is 0.877. The standard InChI is InChI=1S/C9H20N2O2/c1-7(4-5-10)8(13)11-9(2,3)6-12/h7,12H,4-6,10H2,1-3H3,(H,11,13). The van der Waals surface area contributed by atoms with Gasteiger partial charge in [-0.05, 0) is 26.8 Å². The Morgan fingerprint density at radius 1 is 1.62 bits per heavy atom. The third-order valence-electron chi connectivity index (χ3n) is 1.90. The van der Waals surface area contributed by atoms with E-state index >= 15 is 0 Å². The Balaban J connectivity index is 3.99. The Morgan fingerprint density at radius 3 is 2.54 bits per heavy atom. The Bertz CT molecular complexity index is 169. The van der Waals surface area contributed by atoms with Crippen LogP contribution in [0.15, 0.2) is 0 Å². The molecular formula is C9H20N2O2. The molecule has 0 aromatic heterocycles. The van der Waals surface area contributed by atoms with Gasteiger partial charge in [-0.1, -0.05) is 6.92 Å². The van der Waals surface area contributed by atoms with Crippen molar-refractivity contribution < 1.29 is 9.90 Å². The zero-order valence-electron chi connectivity index (χ0n) is 8.63. The van der Waals surface area contributed by atoms with E-state index in [9.17, 15) is 4.79 Å². The predicted octanol–water partition coefficient (Wildman–Crippen LogP) is -0.142. The quantitative estimate of drug-likeness (QED) is 0.562. The van der Waals surface area contributed by atoms with Crippen molar-refractivity contribution in [1.29, 1.82) is 0 Å². The average molecular weight is 188 g/mol. The zero-order valence-corrected chi connectivity index (χ0v) is 8.63. The number of aliphatic hydroxyl groups is 1. The minimum absolute atomic E-state index is 0.0514. The second kappa shape index (κ2) is 5.19. The van der Waals surface area contributed by atoms with E-state index in [1.807, 2.05) is 6.92 Å². The highest BCUT2D eigenvalue weighted by molar-refractivity contribution is 5.78. The second-order valence-corrected chi connectivity index (χ2v) is 4.01. The highest BCUT2D eigenvalue weighted by Crippen LogP contribution is 2.05. The van der Waals surface area contributed by atoms with Crippen LogP contribution in [-0.4, -0.2) is 29.7 Å². The third-order valence-corrected chi connectivity index (χ3v) is 1.90. The van der Waals surface area contributed by atoms with E-state index in [1.54, 1.807) is 13.8 Å². The molecule has 13 heavy (non-hydrogen) atoms. The minimum atomic E-state index is -0.542. The number of hydrogen-bond acceptors (Lipinski definition) is 3. The van der Waals surface area contributed by atoms with Gasteiger partial charge in [-0.25, -0.2) is 0 Å². The van der Waals surface area contributed by atoms with E-state index in [0.29, 0.717) is 13.0 Å². The lowest BCUT2D eigenvalue weighted by molar-refractivity contribution is -0.126. The van der Waals surface area contributed by atoms with Gasteiger partial charge in [-0.15, -0.1) is 0 Å². The van der Waals surface area contributed by atoms with Crippen LogP contribution in [0.3, 0.4) is 0 Å². The summed E-state index contributed by atoms with van der Waals surface area (Å²) in [5.74, 6) is -0.139. The maximum atomic E-state index is 11.4. The van der Waals surface area contributed by atoms with E-state index in [2.05, 4.69) is 5.32 Å². The molecule has 0 aromatic rings. The fraction of sp³-hybridized carbons (Fsp3) is 0.889. The van der Waals surface area contributed by atoms with Crippen molar-refractivity contribution in [1.82, 2.24) is 5.32 Å². The van der Waals surface area contributed by atoms with Crippen molar-refractivity contribution in [3.05, 3.63) is 0 Å². The van der Waals surface area contributed by atoms with Crippen molar-refractivity contribution in [2.24, 2.45) is 11.7 Å². The van der Waals surface area contributed by atoms with E-state index in [1.165, 1.54) is 0 Å². The molecule has 0 aromatic carbocycles. The first kappa shape index (κ1) is 12.4. The van der Waals surface area contributed by atoms with Crippen molar-refractivity contribution in [3.8, 4) is 0 Å². The summed E-state index contributed by atoms with van der Waals surface area (Å²) in [6.07, 6.45) is 0.674. The summed E-state index contributed by atoms with van der Waals surface area (Å²) in [5, 5.41) is 11.7. The number of carbonyl (C=O) groups is 1. The summed E-state index contributed by atoms with van der Waals surface area (Å²) in [7, 11) is 0. The van der Waals surface area contributed by atoms with Gasteiger partial charge < -0.3 is 16.2 Å². The van der Waals surface area contributed by atoms with Crippen LogP contribution in [0.4, 0.5) is 0 Å². The highest BCUT2D eigenvalue weighted by atomic mass is 16.3.